The van der Waals surface area contributed by atoms with Crippen molar-refractivity contribution in [1.29, 1.82) is 0 Å². The Morgan fingerprint density at radius 1 is 1.44 bits per heavy atom. The molecule has 0 aliphatic carbocycles. The van der Waals surface area contributed by atoms with Crippen molar-refractivity contribution in [3.05, 3.63) is 27.3 Å². The molecule has 5 heteroatoms. The minimum absolute atomic E-state index is 0.249. The highest BCUT2D eigenvalue weighted by Crippen LogP contribution is 2.17. The van der Waals surface area contributed by atoms with Crippen LogP contribution in [0.3, 0.4) is 0 Å². The molecule has 0 heterocycles. The predicted molar refractivity (Wildman–Crippen MR) is 69.2 cm³/mol. The van der Waals surface area contributed by atoms with E-state index in [4.69, 9.17) is 0 Å². The second-order valence-electron chi connectivity index (χ2n) is 3.29. The Labute approximate surface area is 108 Å². The number of carbonyl (C=O) groups excluding carboxylic acids is 2. The monoisotopic (exact) mass is 333 g/mol. The molecule has 1 amide bonds. The summed E-state index contributed by atoms with van der Waals surface area (Å²) in [5, 5.41) is 2.67. The molecule has 1 N–H and O–H groups in total. The number of ether oxygens (including phenoxy) is 1. The van der Waals surface area contributed by atoms with Gasteiger partial charge in [-0.1, -0.05) is 0 Å². The fourth-order valence-corrected chi connectivity index (χ4v) is 1.77. The van der Waals surface area contributed by atoms with E-state index in [0.717, 1.165) is 14.8 Å². The summed E-state index contributed by atoms with van der Waals surface area (Å²) in [5.74, 6) is -0.797. The van der Waals surface area contributed by atoms with Crippen molar-refractivity contribution in [2.75, 3.05) is 11.9 Å². The maximum Gasteiger partial charge on any atom is 0.303 e. The van der Waals surface area contributed by atoms with Crippen molar-refractivity contribution in [3.63, 3.8) is 0 Å². The van der Waals surface area contributed by atoms with Gasteiger partial charge in [-0.3, -0.25) is 9.59 Å². The van der Waals surface area contributed by atoms with Gasteiger partial charge in [0.25, 0.3) is 5.91 Å². The Morgan fingerprint density at radius 3 is 2.69 bits per heavy atom. The molecule has 0 aromatic heterocycles. The van der Waals surface area contributed by atoms with E-state index in [1.807, 2.05) is 25.1 Å². The third kappa shape index (κ3) is 4.18. The SMILES string of the molecule is CC(=O)OCC(=O)Nc1ccc(I)cc1C. The molecule has 86 valence electrons. The molecule has 0 saturated carbocycles. The molecule has 16 heavy (non-hydrogen) atoms. The number of nitrogens with one attached hydrogen (secondary N) is 1. The summed E-state index contributed by atoms with van der Waals surface area (Å²) < 4.78 is 5.69. The largest absolute Gasteiger partial charge is 0.456 e. The molecule has 0 saturated heterocycles. The topological polar surface area (TPSA) is 55.4 Å². The molecule has 1 rings (SSSR count). The summed E-state index contributed by atoms with van der Waals surface area (Å²) in [5.41, 5.74) is 1.71. The van der Waals surface area contributed by atoms with Gasteiger partial charge in [-0.25, -0.2) is 0 Å². The minimum Gasteiger partial charge on any atom is -0.456 e. The van der Waals surface area contributed by atoms with Crippen LogP contribution in [-0.2, 0) is 14.3 Å². The lowest BCUT2D eigenvalue weighted by Gasteiger charge is -2.08. The number of anilines is 1. The Kier molecular flexibility index (Phi) is 4.72. The molecular formula is C11H12INO3. The lowest BCUT2D eigenvalue weighted by Crippen LogP contribution is -2.20. The van der Waals surface area contributed by atoms with Crippen LogP contribution >= 0.6 is 22.6 Å². The van der Waals surface area contributed by atoms with Crippen molar-refractivity contribution in [2.45, 2.75) is 13.8 Å². The molecule has 0 spiro atoms. The molecule has 1 aromatic rings. The number of benzene rings is 1. The standard InChI is InChI=1S/C11H12INO3/c1-7-5-9(12)3-4-10(7)13-11(15)6-16-8(2)14/h3-5H,6H2,1-2H3,(H,13,15). The summed E-state index contributed by atoms with van der Waals surface area (Å²) in [6, 6.07) is 5.68. The fourth-order valence-electron chi connectivity index (χ4n) is 1.12. The molecule has 1 aromatic carbocycles. The van der Waals surface area contributed by atoms with Crippen LogP contribution in [0.1, 0.15) is 12.5 Å². The number of esters is 1. The van der Waals surface area contributed by atoms with Crippen LogP contribution < -0.4 is 5.32 Å². The number of halogens is 1. The van der Waals surface area contributed by atoms with Gasteiger partial charge < -0.3 is 10.1 Å². The van der Waals surface area contributed by atoms with Gasteiger partial charge >= 0.3 is 5.97 Å². The summed E-state index contributed by atoms with van der Waals surface area (Å²) >= 11 is 2.20. The normalized spacial score (nSPS) is 9.69. The number of hydrogen-bond acceptors (Lipinski definition) is 3. The molecule has 0 atom stereocenters. The van der Waals surface area contributed by atoms with Crippen LogP contribution in [0.15, 0.2) is 18.2 Å². The minimum atomic E-state index is -0.463. The van der Waals surface area contributed by atoms with Crippen molar-refractivity contribution in [2.24, 2.45) is 0 Å². The van der Waals surface area contributed by atoms with Gasteiger partial charge in [-0.2, -0.15) is 0 Å². The summed E-state index contributed by atoms with van der Waals surface area (Å²) in [7, 11) is 0. The molecule has 0 bridgehead atoms. The second kappa shape index (κ2) is 5.83. The zero-order valence-corrected chi connectivity index (χ0v) is 11.2. The highest BCUT2D eigenvalue weighted by atomic mass is 127. The second-order valence-corrected chi connectivity index (χ2v) is 4.53. The molecule has 0 unspecified atom stereocenters. The van der Waals surface area contributed by atoms with Gasteiger partial charge in [0.1, 0.15) is 0 Å². The number of carbonyl (C=O) groups is 2. The zero-order valence-electron chi connectivity index (χ0n) is 9.04. The van der Waals surface area contributed by atoms with Crippen LogP contribution in [0.4, 0.5) is 5.69 Å². The summed E-state index contributed by atoms with van der Waals surface area (Å²) in [4.78, 5) is 21.9. The first-order valence-electron chi connectivity index (χ1n) is 4.68. The summed E-state index contributed by atoms with van der Waals surface area (Å²) in [6.45, 7) is 2.92. The average Bonchev–Trinajstić information content (AvgIpc) is 2.19. The predicted octanol–water partition coefficient (Wildman–Crippen LogP) is 2.10. The number of hydrogen-bond donors (Lipinski definition) is 1. The van der Waals surface area contributed by atoms with Crippen LogP contribution in [0.25, 0.3) is 0 Å². The van der Waals surface area contributed by atoms with Crippen molar-refractivity contribution >= 4 is 40.2 Å². The Morgan fingerprint density at radius 2 is 2.12 bits per heavy atom. The first-order valence-corrected chi connectivity index (χ1v) is 5.76. The third-order valence-corrected chi connectivity index (χ3v) is 2.54. The molecule has 0 radical (unpaired) electrons. The van der Waals surface area contributed by atoms with E-state index < -0.39 is 5.97 Å². The highest BCUT2D eigenvalue weighted by molar-refractivity contribution is 14.1. The lowest BCUT2D eigenvalue weighted by atomic mass is 10.2. The molecule has 4 nitrogen and oxygen atoms in total. The maximum atomic E-state index is 11.4. The van der Waals surface area contributed by atoms with E-state index in [1.54, 1.807) is 0 Å². The lowest BCUT2D eigenvalue weighted by molar-refractivity contribution is -0.144. The van der Waals surface area contributed by atoms with E-state index in [2.05, 4.69) is 32.6 Å². The van der Waals surface area contributed by atoms with Crippen molar-refractivity contribution in [1.82, 2.24) is 0 Å². The Hall–Kier alpha value is -1.11. The molecule has 0 aliphatic rings. The Balaban J connectivity index is 2.59. The van der Waals surface area contributed by atoms with E-state index in [0.29, 0.717) is 0 Å². The van der Waals surface area contributed by atoms with E-state index >= 15 is 0 Å². The van der Waals surface area contributed by atoms with Gasteiger partial charge in [0, 0.05) is 16.2 Å². The third-order valence-electron chi connectivity index (χ3n) is 1.87. The smallest absolute Gasteiger partial charge is 0.303 e. The first kappa shape index (κ1) is 13.0. The number of rotatable bonds is 3. The Bertz CT molecular complexity index is 418. The van der Waals surface area contributed by atoms with Crippen molar-refractivity contribution in [3.8, 4) is 0 Å². The van der Waals surface area contributed by atoms with E-state index in [9.17, 15) is 9.59 Å². The quantitative estimate of drug-likeness (QED) is 0.681. The van der Waals surface area contributed by atoms with Crippen LogP contribution in [0.5, 0.6) is 0 Å². The van der Waals surface area contributed by atoms with E-state index in [-0.39, 0.29) is 12.5 Å². The van der Waals surface area contributed by atoms with Crippen LogP contribution in [0, 0.1) is 10.5 Å². The molecule has 0 aliphatic heterocycles. The number of amides is 1. The van der Waals surface area contributed by atoms with Gasteiger partial charge in [-0.05, 0) is 53.3 Å². The van der Waals surface area contributed by atoms with Crippen LogP contribution in [0.2, 0.25) is 0 Å². The molecule has 0 fully saturated rings. The first-order chi connectivity index (χ1) is 7.49. The van der Waals surface area contributed by atoms with Gasteiger partial charge in [0.15, 0.2) is 6.61 Å². The van der Waals surface area contributed by atoms with Gasteiger partial charge in [-0.15, -0.1) is 0 Å². The van der Waals surface area contributed by atoms with Gasteiger partial charge in [0.2, 0.25) is 0 Å². The van der Waals surface area contributed by atoms with Crippen molar-refractivity contribution < 1.29 is 14.3 Å². The van der Waals surface area contributed by atoms with E-state index in [1.165, 1.54) is 6.92 Å². The number of aryl methyl sites for hydroxylation is 1. The highest BCUT2D eigenvalue weighted by Gasteiger charge is 2.06. The van der Waals surface area contributed by atoms with Gasteiger partial charge in [0.05, 0.1) is 0 Å². The summed E-state index contributed by atoms with van der Waals surface area (Å²) in [6.07, 6.45) is 0. The molecular weight excluding hydrogens is 321 g/mol. The average molecular weight is 333 g/mol. The zero-order chi connectivity index (χ0) is 12.1. The fraction of sp³-hybridized carbons (Fsp3) is 0.273. The maximum absolute atomic E-state index is 11.4. The van der Waals surface area contributed by atoms with Crippen LogP contribution in [-0.4, -0.2) is 18.5 Å².